The molecule has 9 heteroatoms. The summed E-state index contributed by atoms with van der Waals surface area (Å²) in [6.07, 6.45) is 0. The van der Waals surface area contributed by atoms with Crippen LogP contribution in [-0.4, -0.2) is 33.3 Å². The highest BCUT2D eigenvalue weighted by Gasteiger charge is 2.70. The lowest BCUT2D eigenvalue weighted by Gasteiger charge is -2.32. The molecule has 4 atom stereocenters. The Morgan fingerprint density at radius 2 is 1.65 bits per heavy atom. The minimum absolute atomic E-state index is 0.0131. The molecule has 0 aliphatic carbocycles. The molecule has 3 aliphatic heterocycles. The summed E-state index contributed by atoms with van der Waals surface area (Å²) < 4.78 is 1.60. The Kier molecular flexibility index (Phi) is 5.15. The van der Waals surface area contributed by atoms with E-state index in [1.165, 1.54) is 11.8 Å². The predicted octanol–water partition coefficient (Wildman–Crippen LogP) is 3.33. The number of carbonyl (C=O) groups excluding carboxylic acids is 3. The minimum atomic E-state index is -1.17. The quantitative estimate of drug-likeness (QED) is 0.391. The first kappa shape index (κ1) is 24.4. The largest absolute Gasteiger partial charge is 0.326 e. The summed E-state index contributed by atoms with van der Waals surface area (Å²) in [7, 11) is 0. The number of benzene rings is 3. The highest BCUT2D eigenvalue weighted by atomic mass is 16.2. The molecule has 40 heavy (non-hydrogen) atoms. The molecule has 0 radical (unpaired) electrons. The number of amides is 3. The zero-order chi connectivity index (χ0) is 27.9. The van der Waals surface area contributed by atoms with Crippen molar-refractivity contribution in [2.24, 2.45) is 17.8 Å². The zero-order valence-corrected chi connectivity index (χ0v) is 22.2. The number of imide groups is 1. The van der Waals surface area contributed by atoms with E-state index < -0.39 is 17.4 Å². The van der Waals surface area contributed by atoms with E-state index in [9.17, 15) is 19.2 Å². The molecule has 2 fully saturated rings. The number of anilines is 2. The van der Waals surface area contributed by atoms with Gasteiger partial charge in [-0.1, -0.05) is 44.2 Å². The number of aromatic nitrogens is 2. The van der Waals surface area contributed by atoms with Crippen LogP contribution >= 0.6 is 0 Å². The Hall–Kier alpha value is -4.63. The van der Waals surface area contributed by atoms with E-state index in [0.29, 0.717) is 33.8 Å². The molecule has 0 saturated carbocycles. The van der Waals surface area contributed by atoms with Crippen LogP contribution < -0.4 is 21.1 Å². The molecule has 4 aromatic rings. The first-order valence-electron chi connectivity index (χ1n) is 13.4. The molecule has 2 N–H and O–H groups in total. The molecule has 3 aliphatic rings. The van der Waals surface area contributed by atoms with Crippen molar-refractivity contribution in [3.63, 3.8) is 0 Å². The number of hydrogen-bond acceptors (Lipinski definition) is 6. The highest BCUT2D eigenvalue weighted by molar-refractivity contribution is 6.23. The molecule has 4 heterocycles. The van der Waals surface area contributed by atoms with Crippen molar-refractivity contribution in [3.8, 4) is 5.69 Å². The Morgan fingerprint density at radius 3 is 2.38 bits per heavy atom. The van der Waals surface area contributed by atoms with Gasteiger partial charge < -0.3 is 5.32 Å². The summed E-state index contributed by atoms with van der Waals surface area (Å²) in [5.74, 6) is -1.88. The standard InChI is InChI=1S/C31H27N5O4/c1-16(2)26-24-25(29(40)35(28(24)39)19-14-12-18(13-15-19)32-17(3)37)31(34-26)21-9-5-7-11-23(21)36-27(38)20-8-4-6-10-22(20)33-30(31)36/h4-16,24-26,34H,1-3H3,(H,32,37)/t24-,25-,26+,31-/m1/s1. The topological polar surface area (TPSA) is 113 Å². The van der Waals surface area contributed by atoms with E-state index in [0.717, 1.165) is 5.56 Å². The number of carbonyl (C=O) groups is 3. The fourth-order valence-electron chi connectivity index (χ4n) is 6.88. The molecule has 200 valence electrons. The molecular weight excluding hydrogens is 506 g/mol. The van der Waals surface area contributed by atoms with Crippen molar-refractivity contribution in [1.29, 1.82) is 0 Å². The maximum Gasteiger partial charge on any atom is 0.266 e. The van der Waals surface area contributed by atoms with Crippen molar-refractivity contribution in [2.45, 2.75) is 32.4 Å². The Balaban J connectivity index is 1.45. The van der Waals surface area contributed by atoms with Crippen molar-refractivity contribution in [1.82, 2.24) is 14.9 Å². The fraction of sp³-hybridized carbons (Fsp3) is 0.258. The van der Waals surface area contributed by atoms with Gasteiger partial charge in [0.1, 0.15) is 11.4 Å². The van der Waals surface area contributed by atoms with Gasteiger partial charge in [0, 0.05) is 24.2 Å². The third-order valence-corrected chi connectivity index (χ3v) is 8.46. The van der Waals surface area contributed by atoms with E-state index in [1.807, 2.05) is 50.2 Å². The number of rotatable bonds is 3. The van der Waals surface area contributed by atoms with Gasteiger partial charge in [-0.05, 0) is 48.4 Å². The van der Waals surface area contributed by atoms with Crippen LogP contribution in [0.3, 0.4) is 0 Å². The van der Waals surface area contributed by atoms with Gasteiger partial charge in [-0.25, -0.2) is 9.88 Å². The smallest absolute Gasteiger partial charge is 0.266 e. The van der Waals surface area contributed by atoms with Crippen molar-refractivity contribution < 1.29 is 14.4 Å². The number of fused-ring (bicyclic) bond motifs is 8. The van der Waals surface area contributed by atoms with Gasteiger partial charge >= 0.3 is 0 Å². The second kappa shape index (κ2) is 8.43. The Labute approximate surface area is 229 Å². The lowest BCUT2D eigenvalue weighted by Crippen LogP contribution is -2.51. The lowest BCUT2D eigenvalue weighted by atomic mass is 9.75. The van der Waals surface area contributed by atoms with Crippen LogP contribution in [0, 0.1) is 17.8 Å². The van der Waals surface area contributed by atoms with Gasteiger partial charge in [0.15, 0.2) is 0 Å². The van der Waals surface area contributed by atoms with E-state index in [1.54, 1.807) is 41.0 Å². The van der Waals surface area contributed by atoms with Gasteiger partial charge in [-0.2, -0.15) is 0 Å². The first-order chi connectivity index (χ1) is 19.2. The molecule has 0 unspecified atom stereocenters. The van der Waals surface area contributed by atoms with E-state index >= 15 is 0 Å². The molecule has 1 aromatic heterocycles. The van der Waals surface area contributed by atoms with Crippen LogP contribution in [0.1, 0.15) is 32.2 Å². The molecule has 2 saturated heterocycles. The molecule has 9 nitrogen and oxygen atoms in total. The maximum atomic E-state index is 14.4. The van der Waals surface area contributed by atoms with Crippen LogP contribution in [0.15, 0.2) is 77.6 Å². The first-order valence-corrected chi connectivity index (χ1v) is 13.4. The number of nitrogens with one attached hydrogen (secondary N) is 2. The lowest BCUT2D eigenvalue weighted by molar-refractivity contribution is -0.123. The summed E-state index contributed by atoms with van der Waals surface area (Å²) in [5.41, 5.74) is 1.59. The average molecular weight is 534 g/mol. The number of hydrogen-bond donors (Lipinski definition) is 2. The van der Waals surface area contributed by atoms with Gasteiger partial charge in [-0.15, -0.1) is 0 Å². The van der Waals surface area contributed by atoms with E-state index in [2.05, 4.69) is 10.6 Å². The van der Waals surface area contributed by atoms with Crippen molar-refractivity contribution in [3.05, 3.63) is 94.5 Å². The average Bonchev–Trinajstić information content (AvgIpc) is 3.53. The van der Waals surface area contributed by atoms with E-state index in [4.69, 9.17) is 4.98 Å². The van der Waals surface area contributed by atoms with Crippen LogP contribution in [0.2, 0.25) is 0 Å². The van der Waals surface area contributed by atoms with Gasteiger partial charge in [0.25, 0.3) is 5.56 Å². The minimum Gasteiger partial charge on any atom is -0.326 e. The van der Waals surface area contributed by atoms with Crippen molar-refractivity contribution >= 4 is 40.0 Å². The number of para-hydroxylation sites is 2. The summed E-state index contributed by atoms with van der Waals surface area (Å²) in [6, 6.07) is 21.1. The third-order valence-electron chi connectivity index (χ3n) is 8.46. The maximum absolute atomic E-state index is 14.4. The SMILES string of the molecule is CC(=O)Nc1ccc(N2C(=O)[C@H]3[C@H](C(C)C)N[C@]4(c5ccccc5-n5c4nc4ccccc4c5=O)[C@H]3C2=O)cc1. The second-order valence-corrected chi connectivity index (χ2v) is 11.1. The summed E-state index contributed by atoms with van der Waals surface area (Å²) in [5, 5.41) is 6.90. The second-order valence-electron chi connectivity index (χ2n) is 11.1. The van der Waals surface area contributed by atoms with Crippen LogP contribution in [-0.2, 0) is 19.9 Å². The Bertz CT molecular complexity index is 1810. The Morgan fingerprint density at radius 1 is 0.950 bits per heavy atom. The van der Waals surface area contributed by atoms with Crippen LogP contribution in [0.25, 0.3) is 16.6 Å². The molecule has 3 aromatic carbocycles. The summed E-state index contributed by atoms with van der Waals surface area (Å²) in [4.78, 5) is 60.2. The molecule has 7 rings (SSSR count). The monoisotopic (exact) mass is 533 g/mol. The number of nitrogens with zero attached hydrogens (tertiary/aromatic N) is 3. The third kappa shape index (κ3) is 3.09. The van der Waals surface area contributed by atoms with Crippen molar-refractivity contribution in [2.75, 3.05) is 10.2 Å². The van der Waals surface area contributed by atoms with Crippen LogP contribution in [0.4, 0.5) is 11.4 Å². The molecule has 0 bridgehead atoms. The zero-order valence-electron chi connectivity index (χ0n) is 22.2. The molecular formula is C31H27N5O4. The summed E-state index contributed by atoms with van der Waals surface area (Å²) >= 11 is 0. The van der Waals surface area contributed by atoms with Crippen LogP contribution in [0.5, 0.6) is 0 Å². The van der Waals surface area contributed by atoms with Gasteiger partial charge in [0.05, 0.1) is 34.1 Å². The van der Waals surface area contributed by atoms with Gasteiger partial charge in [0.2, 0.25) is 17.7 Å². The fourth-order valence-corrected chi connectivity index (χ4v) is 6.88. The predicted molar refractivity (Wildman–Crippen MR) is 150 cm³/mol. The summed E-state index contributed by atoms with van der Waals surface area (Å²) in [6.45, 7) is 5.47. The molecule has 1 spiro atoms. The molecule has 3 amide bonds. The normalized spacial score (nSPS) is 24.6. The van der Waals surface area contributed by atoms with E-state index in [-0.39, 0.29) is 35.2 Å². The highest BCUT2D eigenvalue weighted by Crippen LogP contribution is 2.56. The van der Waals surface area contributed by atoms with Gasteiger partial charge in [-0.3, -0.25) is 29.1 Å².